The number of aromatic nitrogens is 5. The number of hydrogen-bond donors (Lipinski definition) is 1. The number of nitrogens with zero attached hydrogens (tertiary/aromatic N) is 4. The quantitative estimate of drug-likeness (QED) is 0.737. The summed E-state index contributed by atoms with van der Waals surface area (Å²) in [4.78, 5) is 12.5. The second kappa shape index (κ2) is 5.19. The highest BCUT2D eigenvalue weighted by atomic mass is 35.5. The van der Waals surface area contributed by atoms with Crippen LogP contribution in [0, 0.1) is 0 Å². The van der Waals surface area contributed by atoms with Crippen LogP contribution in [0.25, 0.3) is 11.0 Å². The molecule has 19 heavy (non-hydrogen) atoms. The molecule has 0 aliphatic rings. The SMILES string of the molecule is Clc1cc2nccnc2c(OCCc2cn[nH]c2)n1. The van der Waals surface area contributed by atoms with E-state index in [1.54, 1.807) is 24.7 Å². The number of ether oxygens (including phenoxy) is 1. The summed E-state index contributed by atoms with van der Waals surface area (Å²) >= 11 is 5.93. The molecule has 0 bridgehead atoms. The molecule has 3 heterocycles. The lowest BCUT2D eigenvalue weighted by molar-refractivity contribution is 0.313. The fourth-order valence-corrected chi connectivity index (χ4v) is 1.87. The zero-order valence-corrected chi connectivity index (χ0v) is 10.6. The lowest BCUT2D eigenvalue weighted by Crippen LogP contribution is -2.03. The zero-order chi connectivity index (χ0) is 13.1. The molecular weight excluding hydrogens is 266 g/mol. The van der Waals surface area contributed by atoms with Crippen LogP contribution in [0.3, 0.4) is 0 Å². The van der Waals surface area contributed by atoms with Gasteiger partial charge in [0, 0.05) is 31.1 Å². The highest BCUT2D eigenvalue weighted by Gasteiger charge is 2.08. The normalized spacial score (nSPS) is 10.8. The van der Waals surface area contributed by atoms with Crippen molar-refractivity contribution in [1.82, 2.24) is 25.1 Å². The fourth-order valence-electron chi connectivity index (χ4n) is 1.69. The van der Waals surface area contributed by atoms with Crippen LogP contribution in [0.2, 0.25) is 5.15 Å². The van der Waals surface area contributed by atoms with Gasteiger partial charge in [-0.1, -0.05) is 11.6 Å². The van der Waals surface area contributed by atoms with Crippen molar-refractivity contribution in [2.24, 2.45) is 0 Å². The van der Waals surface area contributed by atoms with Crippen molar-refractivity contribution in [3.8, 4) is 5.88 Å². The Hall–Kier alpha value is -2.21. The molecule has 0 atom stereocenters. The van der Waals surface area contributed by atoms with E-state index in [0.717, 1.165) is 12.0 Å². The van der Waals surface area contributed by atoms with Crippen molar-refractivity contribution < 1.29 is 4.74 Å². The molecule has 0 aliphatic heterocycles. The monoisotopic (exact) mass is 275 g/mol. The van der Waals surface area contributed by atoms with E-state index in [0.29, 0.717) is 28.7 Å². The van der Waals surface area contributed by atoms with Gasteiger partial charge in [-0.2, -0.15) is 10.1 Å². The third-order valence-corrected chi connectivity index (χ3v) is 2.77. The van der Waals surface area contributed by atoms with Crippen molar-refractivity contribution in [3.63, 3.8) is 0 Å². The maximum Gasteiger partial charge on any atom is 0.243 e. The summed E-state index contributed by atoms with van der Waals surface area (Å²) < 4.78 is 5.63. The van der Waals surface area contributed by atoms with Gasteiger partial charge in [0.05, 0.1) is 18.3 Å². The van der Waals surface area contributed by atoms with Crippen molar-refractivity contribution in [1.29, 1.82) is 0 Å². The number of pyridine rings is 1. The van der Waals surface area contributed by atoms with Gasteiger partial charge in [-0.05, 0) is 5.56 Å². The summed E-state index contributed by atoms with van der Waals surface area (Å²) in [6.45, 7) is 0.471. The van der Waals surface area contributed by atoms with Crippen molar-refractivity contribution in [2.75, 3.05) is 6.61 Å². The topological polar surface area (TPSA) is 76.6 Å². The van der Waals surface area contributed by atoms with Gasteiger partial charge < -0.3 is 4.74 Å². The van der Waals surface area contributed by atoms with Crippen LogP contribution in [-0.4, -0.2) is 31.8 Å². The minimum atomic E-state index is 0.339. The predicted molar refractivity (Wildman–Crippen MR) is 70.1 cm³/mol. The molecule has 96 valence electrons. The Kier molecular flexibility index (Phi) is 3.24. The first-order valence-corrected chi connectivity index (χ1v) is 6.08. The Morgan fingerprint density at radius 1 is 1.26 bits per heavy atom. The second-order valence-electron chi connectivity index (χ2n) is 3.88. The standard InChI is InChI=1S/C12H10ClN5O/c13-10-5-9-11(15-3-2-14-9)12(18-10)19-4-1-8-6-16-17-7-8/h2-3,5-7H,1,4H2,(H,16,17). The largest absolute Gasteiger partial charge is 0.476 e. The van der Waals surface area contributed by atoms with Crippen LogP contribution < -0.4 is 4.74 Å². The molecule has 3 aromatic heterocycles. The van der Waals surface area contributed by atoms with Crippen LogP contribution in [0.4, 0.5) is 0 Å². The molecule has 6 nitrogen and oxygen atoms in total. The third-order valence-electron chi connectivity index (χ3n) is 2.58. The first-order valence-electron chi connectivity index (χ1n) is 5.70. The average molecular weight is 276 g/mol. The van der Waals surface area contributed by atoms with Crippen LogP contribution in [0.5, 0.6) is 5.88 Å². The highest BCUT2D eigenvalue weighted by Crippen LogP contribution is 2.23. The number of H-pyrrole nitrogens is 1. The summed E-state index contributed by atoms with van der Waals surface area (Å²) in [5.74, 6) is 0.402. The summed E-state index contributed by atoms with van der Waals surface area (Å²) in [5.41, 5.74) is 2.34. The van der Waals surface area contributed by atoms with Crippen LogP contribution in [-0.2, 0) is 6.42 Å². The number of nitrogens with one attached hydrogen (secondary N) is 1. The van der Waals surface area contributed by atoms with Gasteiger partial charge in [-0.25, -0.2) is 4.98 Å². The van der Waals surface area contributed by atoms with Gasteiger partial charge in [-0.3, -0.25) is 10.1 Å². The van der Waals surface area contributed by atoms with Gasteiger partial charge >= 0.3 is 0 Å². The summed E-state index contributed by atoms with van der Waals surface area (Å²) in [5, 5.41) is 6.96. The smallest absolute Gasteiger partial charge is 0.243 e. The van der Waals surface area contributed by atoms with E-state index in [9.17, 15) is 0 Å². The van der Waals surface area contributed by atoms with Gasteiger partial charge in [0.1, 0.15) is 5.15 Å². The summed E-state index contributed by atoms with van der Waals surface area (Å²) in [6, 6.07) is 1.66. The molecule has 3 aromatic rings. The van der Waals surface area contributed by atoms with E-state index in [-0.39, 0.29) is 0 Å². The van der Waals surface area contributed by atoms with E-state index in [1.807, 2.05) is 6.20 Å². The number of fused-ring (bicyclic) bond motifs is 1. The van der Waals surface area contributed by atoms with Gasteiger partial charge in [0.25, 0.3) is 0 Å². The van der Waals surface area contributed by atoms with E-state index in [1.165, 1.54) is 0 Å². The van der Waals surface area contributed by atoms with Crippen LogP contribution in [0.15, 0.2) is 30.9 Å². The van der Waals surface area contributed by atoms with E-state index in [2.05, 4.69) is 25.1 Å². The molecule has 0 saturated heterocycles. The minimum Gasteiger partial charge on any atom is -0.476 e. The Morgan fingerprint density at radius 2 is 2.16 bits per heavy atom. The summed E-state index contributed by atoms with van der Waals surface area (Å²) in [6.07, 6.45) is 7.51. The first kappa shape index (κ1) is 11.9. The van der Waals surface area contributed by atoms with Gasteiger partial charge in [0.2, 0.25) is 5.88 Å². The van der Waals surface area contributed by atoms with Crippen LogP contribution >= 0.6 is 11.6 Å². The molecule has 0 amide bonds. The molecule has 0 aliphatic carbocycles. The number of halogens is 1. The summed E-state index contributed by atoms with van der Waals surface area (Å²) in [7, 11) is 0. The van der Waals surface area contributed by atoms with E-state index < -0.39 is 0 Å². The van der Waals surface area contributed by atoms with E-state index in [4.69, 9.17) is 16.3 Å². The second-order valence-corrected chi connectivity index (χ2v) is 4.27. The lowest BCUT2D eigenvalue weighted by atomic mass is 10.3. The molecule has 0 fully saturated rings. The van der Waals surface area contributed by atoms with Crippen LogP contribution in [0.1, 0.15) is 5.56 Å². The average Bonchev–Trinajstić information content (AvgIpc) is 2.91. The number of rotatable bonds is 4. The molecule has 0 saturated carbocycles. The molecule has 0 unspecified atom stereocenters. The molecule has 7 heteroatoms. The third kappa shape index (κ3) is 2.63. The number of aromatic amines is 1. The maximum atomic E-state index is 5.93. The maximum absolute atomic E-state index is 5.93. The minimum absolute atomic E-state index is 0.339. The Balaban J connectivity index is 1.80. The molecule has 3 rings (SSSR count). The molecular formula is C12H10ClN5O. The Morgan fingerprint density at radius 3 is 3.00 bits per heavy atom. The zero-order valence-electron chi connectivity index (χ0n) is 9.88. The highest BCUT2D eigenvalue weighted by molar-refractivity contribution is 6.30. The Bertz CT molecular complexity index is 686. The fraction of sp³-hybridized carbons (Fsp3) is 0.167. The van der Waals surface area contributed by atoms with Gasteiger partial charge in [0.15, 0.2) is 5.52 Å². The van der Waals surface area contributed by atoms with Crippen molar-refractivity contribution >= 4 is 22.6 Å². The van der Waals surface area contributed by atoms with Crippen molar-refractivity contribution in [2.45, 2.75) is 6.42 Å². The van der Waals surface area contributed by atoms with Gasteiger partial charge in [-0.15, -0.1) is 0 Å². The van der Waals surface area contributed by atoms with Crippen molar-refractivity contribution in [3.05, 3.63) is 41.6 Å². The predicted octanol–water partition coefficient (Wildman–Crippen LogP) is 2.02. The first-order chi connectivity index (χ1) is 9.33. The van der Waals surface area contributed by atoms with E-state index >= 15 is 0 Å². The molecule has 1 N–H and O–H groups in total. The lowest BCUT2D eigenvalue weighted by Gasteiger charge is -2.07. The Labute approximate surface area is 113 Å². The molecule has 0 aromatic carbocycles. The molecule has 0 radical (unpaired) electrons. The molecule has 0 spiro atoms. The number of hydrogen-bond acceptors (Lipinski definition) is 5.